The van der Waals surface area contributed by atoms with Crippen molar-refractivity contribution in [2.45, 2.75) is 6.42 Å². The van der Waals surface area contributed by atoms with Gasteiger partial charge in [-0.3, -0.25) is 4.79 Å². The maximum atomic E-state index is 11.3. The largest absolute Gasteiger partial charge is 0.438 e. The highest BCUT2D eigenvalue weighted by Crippen LogP contribution is 2.24. The van der Waals surface area contributed by atoms with Crippen molar-refractivity contribution in [1.29, 1.82) is 5.26 Å². The first-order valence-electron chi connectivity index (χ1n) is 5.07. The number of aromatic nitrogens is 2. The Kier molecular flexibility index (Phi) is 3.75. The Hall–Kier alpha value is -2.13. The Bertz CT molecular complexity index is 644. The van der Waals surface area contributed by atoms with Gasteiger partial charge in [-0.2, -0.15) is 5.26 Å². The van der Waals surface area contributed by atoms with Gasteiger partial charge in [0, 0.05) is 0 Å². The fraction of sp³-hybridized carbons (Fsp3) is 0.0833. The van der Waals surface area contributed by atoms with Gasteiger partial charge in [0.1, 0.15) is 10.2 Å². The quantitative estimate of drug-likeness (QED) is 0.944. The Morgan fingerprint density at radius 1 is 1.39 bits per heavy atom. The zero-order valence-corrected chi connectivity index (χ0v) is 10.8. The third-order valence-electron chi connectivity index (χ3n) is 2.19. The lowest BCUT2D eigenvalue weighted by Crippen LogP contribution is -2.08. The summed E-state index contributed by atoms with van der Waals surface area (Å²) in [7, 11) is 0. The first-order valence-corrected chi connectivity index (χ1v) is 5.87. The molecule has 2 aromatic rings. The lowest BCUT2D eigenvalue weighted by Gasteiger charge is -2.05. The van der Waals surface area contributed by atoms with E-state index in [0.29, 0.717) is 12.2 Å². The smallest absolute Gasteiger partial charge is 0.268 e. The third-order valence-corrected chi connectivity index (χ3v) is 2.88. The molecule has 0 aliphatic carbocycles. The average Bonchev–Trinajstić information content (AvgIpc) is 2.38. The molecule has 0 bridgehead atoms. The molecule has 0 saturated carbocycles. The summed E-state index contributed by atoms with van der Waals surface area (Å²) < 4.78 is 5.70. The van der Waals surface area contributed by atoms with E-state index in [9.17, 15) is 4.79 Å². The Labute approximate surface area is 111 Å². The Balaban J connectivity index is 2.21. The summed E-state index contributed by atoms with van der Waals surface area (Å²) in [6, 6.07) is 9.09. The minimum Gasteiger partial charge on any atom is -0.438 e. The number of hydrogen-bond acceptors (Lipinski definition) is 4. The monoisotopic (exact) mass is 305 g/mol. The van der Waals surface area contributed by atoms with Crippen LogP contribution >= 0.6 is 15.9 Å². The second kappa shape index (κ2) is 5.47. The van der Waals surface area contributed by atoms with Gasteiger partial charge in [-0.25, -0.2) is 4.98 Å². The van der Waals surface area contributed by atoms with Gasteiger partial charge < -0.3 is 9.72 Å². The van der Waals surface area contributed by atoms with E-state index < -0.39 is 0 Å². The molecule has 1 heterocycles. The van der Waals surface area contributed by atoms with Gasteiger partial charge >= 0.3 is 0 Å². The zero-order chi connectivity index (χ0) is 13.0. The van der Waals surface area contributed by atoms with Crippen LogP contribution in [0.2, 0.25) is 0 Å². The van der Waals surface area contributed by atoms with E-state index in [4.69, 9.17) is 10.00 Å². The summed E-state index contributed by atoms with van der Waals surface area (Å²) >= 11 is 3.10. The molecule has 0 unspecified atom stereocenters. The van der Waals surface area contributed by atoms with Crippen LogP contribution in [0.3, 0.4) is 0 Å². The highest BCUT2D eigenvalue weighted by atomic mass is 79.9. The summed E-state index contributed by atoms with van der Waals surface area (Å²) in [5.41, 5.74) is 0.601. The van der Waals surface area contributed by atoms with Crippen molar-refractivity contribution >= 4 is 15.9 Å². The normalized spacial score (nSPS) is 9.78. The topological polar surface area (TPSA) is 78.8 Å². The molecule has 0 atom stereocenters. The molecule has 6 heteroatoms. The summed E-state index contributed by atoms with van der Waals surface area (Å²) in [6.45, 7) is 0. The SMILES string of the molecule is N#CCc1ccc(Oc2nc[nH]c(=O)c2Br)cc1. The molecule has 1 N–H and O–H groups in total. The number of benzene rings is 1. The van der Waals surface area contributed by atoms with Crippen molar-refractivity contribution in [2.75, 3.05) is 0 Å². The third kappa shape index (κ3) is 2.76. The van der Waals surface area contributed by atoms with Crippen LogP contribution in [0.25, 0.3) is 0 Å². The number of aromatic amines is 1. The number of nitrogens with zero attached hydrogens (tertiary/aromatic N) is 2. The first-order chi connectivity index (χ1) is 8.70. The maximum absolute atomic E-state index is 11.3. The van der Waals surface area contributed by atoms with Gasteiger partial charge in [0.25, 0.3) is 5.56 Å². The van der Waals surface area contributed by atoms with Crippen molar-refractivity contribution in [3.63, 3.8) is 0 Å². The molecule has 5 nitrogen and oxygen atoms in total. The van der Waals surface area contributed by atoms with Crippen molar-refractivity contribution in [3.8, 4) is 17.7 Å². The van der Waals surface area contributed by atoms with Crippen LogP contribution < -0.4 is 10.3 Å². The molecule has 0 amide bonds. The number of nitriles is 1. The van der Waals surface area contributed by atoms with Crippen LogP contribution in [-0.4, -0.2) is 9.97 Å². The lowest BCUT2D eigenvalue weighted by atomic mass is 10.2. The van der Waals surface area contributed by atoms with Crippen molar-refractivity contribution in [2.24, 2.45) is 0 Å². The van der Waals surface area contributed by atoms with Crippen molar-refractivity contribution in [1.82, 2.24) is 9.97 Å². The van der Waals surface area contributed by atoms with E-state index in [-0.39, 0.29) is 15.9 Å². The van der Waals surface area contributed by atoms with Crippen molar-refractivity contribution in [3.05, 3.63) is 51.0 Å². The minimum atomic E-state index is -0.305. The number of hydrogen-bond donors (Lipinski definition) is 1. The van der Waals surface area contributed by atoms with Crippen LogP contribution in [-0.2, 0) is 6.42 Å². The van der Waals surface area contributed by atoms with E-state index in [2.05, 4.69) is 32.0 Å². The van der Waals surface area contributed by atoms with E-state index in [0.717, 1.165) is 5.56 Å². The fourth-order valence-electron chi connectivity index (χ4n) is 1.32. The van der Waals surface area contributed by atoms with Crippen LogP contribution in [0.5, 0.6) is 11.6 Å². The molecule has 0 aliphatic rings. The molecule has 0 saturated heterocycles. The van der Waals surface area contributed by atoms with Gasteiger partial charge in [0.2, 0.25) is 5.88 Å². The molecule has 0 radical (unpaired) electrons. The summed E-state index contributed by atoms with van der Waals surface area (Å²) in [5, 5.41) is 8.56. The van der Waals surface area contributed by atoms with Gasteiger partial charge in [-0.1, -0.05) is 12.1 Å². The number of H-pyrrole nitrogens is 1. The molecule has 1 aromatic heterocycles. The fourth-order valence-corrected chi connectivity index (χ4v) is 1.61. The molecule has 2 rings (SSSR count). The zero-order valence-electron chi connectivity index (χ0n) is 9.18. The number of rotatable bonds is 3. The van der Waals surface area contributed by atoms with Crippen LogP contribution in [0.1, 0.15) is 5.56 Å². The first kappa shape index (κ1) is 12.3. The second-order valence-corrected chi connectivity index (χ2v) is 4.22. The molecule has 18 heavy (non-hydrogen) atoms. The summed E-state index contributed by atoms with van der Waals surface area (Å²) in [6.07, 6.45) is 1.62. The molecule has 0 aliphatic heterocycles. The standard InChI is InChI=1S/C12H8BrN3O2/c13-10-11(17)15-7-16-12(10)18-9-3-1-8(2-4-9)5-6-14/h1-4,7H,5H2,(H,15,16,17). The predicted molar refractivity (Wildman–Crippen MR) is 68.4 cm³/mol. The average molecular weight is 306 g/mol. The van der Waals surface area contributed by atoms with Crippen LogP contribution in [0.4, 0.5) is 0 Å². The highest BCUT2D eigenvalue weighted by molar-refractivity contribution is 9.10. The molecule has 0 fully saturated rings. The van der Waals surface area contributed by atoms with Gasteiger partial charge in [-0.05, 0) is 33.6 Å². The summed E-state index contributed by atoms with van der Waals surface area (Å²) in [4.78, 5) is 17.6. The minimum absolute atomic E-state index is 0.201. The Morgan fingerprint density at radius 2 is 2.11 bits per heavy atom. The highest BCUT2D eigenvalue weighted by Gasteiger charge is 2.07. The second-order valence-electron chi connectivity index (χ2n) is 3.43. The van der Waals surface area contributed by atoms with E-state index in [1.165, 1.54) is 6.33 Å². The molecule has 0 spiro atoms. The Morgan fingerprint density at radius 3 is 2.78 bits per heavy atom. The van der Waals surface area contributed by atoms with E-state index in [1.54, 1.807) is 24.3 Å². The van der Waals surface area contributed by atoms with Gasteiger partial charge in [0.15, 0.2) is 0 Å². The molecular weight excluding hydrogens is 298 g/mol. The molecule has 90 valence electrons. The van der Waals surface area contributed by atoms with Crippen LogP contribution in [0.15, 0.2) is 39.9 Å². The van der Waals surface area contributed by atoms with Gasteiger partial charge in [-0.15, -0.1) is 0 Å². The van der Waals surface area contributed by atoms with E-state index >= 15 is 0 Å². The molecular formula is C12H8BrN3O2. The summed E-state index contributed by atoms with van der Waals surface area (Å²) in [5.74, 6) is 0.752. The molecule has 1 aromatic carbocycles. The lowest BCUT2D eigenvalue weighted by molar-refractivity contribution is 0.457. The van der Waals surface area contributed by atoms with Crippen molar-refractivity contribution < 1.29 is 4.74 Å². The number of halogens is 1. The predicted octanol–water partition coefficient (Wildman–Crippen LogP) is 2.39. The maximum Gasteiger partial charge on any atom is 0.268 e. The van der Waals surface area contributed by atoms with Gasteiger partial charge in [0.05, 0.1) is 18.8 Å². The van der Waals surface area contributed by atoms with Crippen LogP contribution in [0, 0.1) is 11.3 Å². The van der Waals surface area contributed by atoms with E-state index in [1.807, 2.05) is 0 Å². The number of ether oxygens (including phenoxy) is 1. The number of nitrogens with one attached hydrogen (secondary N) is 1.